The lowest BCUT2D eigenvalue weighted by molar-refractivity contribution is -0.146. The summed E-state index contributed by atoms with van der Waals surface area (Å²) in [7, 11) is 3.99. The first-order valence-corrected chi connectivity index (χ1v) is 4.57. The van der Waals surface area contributed by atoms with E-state index in [9.17, 15) is 4.79 Å². The molecule has 4 nitrogen and oxygen atoms in total. The molecule has 0 heterocycles. The Morgan fingerprint density at radius 2 is 2.08 bits per heavy atom. The van der Waals surface area contributed by atoms with Crippen molar-refractivity contribution < 1.29 is 9.53 Å². The first-order chi connectivity index (χ1) is 6.02. The van der Waals surface area contributed by atoms with Crippen molar-refractivity contribution in [2.45, 2.75) is 20.0 Å². The van der Waals surface area contributed by atoms with Crippen molar-refractivity contribution in [2.24, 2.45) is 0 Å². The van der Waals surface area contributed by atoms with Gasteiger partial charge in [-0.15, -0.1) is 0 Å². The van der Waals surface area contributed by atoms with Crippen LogP contribution in [0.2, 0.25) is 0 Å². The molecule has 0 aromatic carbocycles. The number of ether oxygens (including phenoxy) is 1. The number of rotatable bonds is 6. The summed E-state index contributed by atoms with van der Waals surface area (Å²) in [4.78, 5) is 13.1. The van der Waals surface area contributed by atoms with Gasteiger partial charge in [0.1, 0.15) is 0 Å². The number of carbonyl (C=O) groups excluding carboxylic acids is 1. The van der Waals surface area contributed by atoms with Gasteiger partial charge in [-0.3, -0.25) is 4.79 Å². The van der Waals surface area contributed by atoms with Gasteiger partial charge in [0.25, 0.3) is 0 Å². The molecule has 13 heavy (non-hydrogen) atoms. The zero-order valence-electron chi connectivity index (χ0n) is 8.96. The van der Waals surface area contributed by atoms with Crippen molar-refractivity contribution in [1.29, 1.82) is 0 Å². The summed E-state index contributed by atoms with van der Waals surface area (Å²) in [5.41, 5.74) is 0. The second-order valence-electron chi connectivity index (χ2n) is 3.52. The van der Waals surface area contributed by atoms with E-state index in [1.165, 1.54) is 0 Å². The Kier molecular flexibility index (Phi) is 6.54. The average Bonchev–Trinajstić information content (AvgIpc) is 1.96. The second-order valence-corrected chi connectivity index (χ2v) is 3.52. The molecule has 0 fully saturated rings. The van der Waals surface area contributed by atoms with Crippen molar-refractivity contribution in [3.8, 4) is 0 Å². The third-order valence-corrected chi connectivity index (χ3v) is 1.37. The second kappa shape index (κ2) is 6.86. The largest absolute Gasteiger partial charge is 0.462 e. The van der Waals surface area contributed by atoms with E-state index >= 15 is 0 Å². The Morgan fingerprint density at radius 1 is 1.46 bits per heavy atom. The van der Waals surface area contributed by atoms with Gasteiger partial charge in [-0.25, -0.2) is 0 Å². The first kappa shape index (κ1) is 12.4. The number of hydrogen-bond donors (Lipinski definition) is 1. The van der Waals surface area contributed by atoms with E-state index < -0.39 is 0 Å². The highest BCUT2D eigenvalue weighted by molar-refractivity contribution is 5.71. The number of hydrogen-bond acceptors (Lipinski definition) is 4. The summed E-state index contributed by atoms with van der Waals surface area (Å²) in [5.74, 6) is -0.186. The molecule has 0 aliphatic rings. The van der Waals surface area contributed by atoms with Crippen LogP contribution in [0.4, 0.5) is 0 Å². The molecule has 0 bridgehead atoms. The van der Waals surface area contributed by atoms with E-state index in [1.54, 1.807) is 0 Å². The smallest absolute Gasteiger partial charge is 0.320 e. The third kappa shape index (κ3) is 9.30. The zero-order valence-corrected chi connectivity index (χ0v) is 8.96. The topological polar surface area (TPSA) is 41.6 Å². The van der Waals surface area contributed by atoms with E-state index in [4.69, 9.17) is 4.74 Å². The molecule has 0 aromatic heterocycles. The fraction of sp³-hybridized carbons (Fsp3) is 0.889. The normalized spacial score (nSPS) is 10.9. The molecule has 0 amide bonds. The van der Waals surface area contributed by atoms with Crippen LogP contribution in [0.3, 0.4) is 0 Å². The van der Waals surface area contributed by atoms with Gasteiger partial charge >= 0.3 is 5.97 Å². The molecule has 0 atom stereocenters. The highest BCUT2D eigenvalue weighted by atomic mass is 16.5. The van der Waals surface area contributed by atoms with Crippen LogP contribution < -0.4 is 5.32 Å². The molecule has 0 saturated heterocycles. The maximum atomic E-state index is 11.0. The quantitative estimate of drug-likeness (QED) is 0.474. The Balaban J connectivity index is 3.27. The van der Waals surface area contributed by atoms with Gasteiger partial charge in [-0.05, 0) is 27.9 Å². The van der Waals surface area contributed by atoms with Gasteiger partial charge in [0.15, 0.2) is 0 Å². The van der Waals surface area contributed by atoms with Gasteiger partial charge in [-0.2, -0.15) is 0 Å². The summed E-state index contributed by atoms with van der Waals surface area (Å²) in [6.07, 6.45) is -0.0249. The molecule has 0 radical (unpaired) electrons. The average molecular weight is 188 g/mol. The highest BCUT2D eigenvalue weighted by Gasteiger charge is 2.03. The van der Waals surface area contributed by atoms with Crippen LogP contribution in [0.25, 0.3) is 0 Å². The molecule has 4 heteroatoms. The fourth-order valence-corrected chi connectivity index (χ4v) is 0.798. The molecule has 0 spiro atoms. The molecular weight excluding hydrogens is 168 g/mol. The zero-order chi connectivity index (χ0) is 10.3. The minimum Gasteiger partial charge on any atom is -0.462 e. The fourth-order valence-electron chi connectivity index (χ4n) is 0.798. The molecule has 78 valence electrons. The van der Waals surface area contributed by atoms with Crippen LogP contribution in [-0.2, 0) is 9.53 Å². The van der Waals surface area contributed by atoms with Crippen molar-refractivity contribution in [3.63, 3.8) is 0 Å². The Morgan fingerprint density at radius 3 is 2.54 bits per heavy atom. The third-order valence-electron chi connectivity index (χ3n) is 1.37. The predicted octanol–water partition coefficient (Wildman–Crippen LogP) is 0.0892. The van der Waals surface area contributed by atoms with Crippen LogP contribution in [0.5, 0.6) is 0 Å². The van der Waals surface area contributed by atoms with Gasteiger partial charge in [0.05, 0.1) is 12.6 Å². The molecule has 0 aliphatic heterocycles. The van der Waals surface area contributed by atoms with E-state index in [0.717, 1.165) is 13.1 Å². The highest BCUT2D eigenvalue weighted by Crippen LogP contribution is 1.87. The minimum absolute atomic E-state index is 0.0249. The molecule has 0 aliphatic carbocycles. The number of carbonyl (C=O) groups is 1. The summed E-state index contributed by atoms with van der Waals surface area (Å²) in [5, 5.41) is 3.01. The summed E-state index contributed by atoms with van der Waals surface area (Å²) < 4.78 is 4.94. The monoisotopic (exact) mass is 188 g/mol. The minimum atomic E-state index is -0.186. The van der Waals surface area contributed by atoms with E-state index in [2.05, 4.69) is 10.2 Å². The maximum Gasteiger partial charge on any atom is 0.320 e. The van der Waals surface area contributed by atoms with Crippen LogP contribution in [0, 0.1) is 0 Å². The molecule has 0 aromatic rings. The van der Waals surface area contributed by atoms with Gasteiger partial charge in [0, 0.05) is 13.1 Å². The number of nitrogens with one attached hydrogen (secondary N) is 1. The lowest BCUT2D eigenvalue weighted by Gasteiger charge is -2.11. The lowest BCUT2D eigenvalue weighted by atomic mass is 10.5. The van der Waals surface area contributed by atoms with Crippen molar-refractivity contribution in [3.05, 3.63) is 0 Å². The van der Waals surface area contributed by atoms with Crippen LogP contribution in [-0.4, -0.2) is 50.7 Å². The van der Waals surface area contributed by atoms with Crippen LogP contribution in [0.15, 0.2) is 0 Å². The van der Waals surface area contributed by atoms with Gasteiger partial charge in [0.2, 0.25) is 0 Å². The molecule has 1 N–H and O–H groups in total. The molecular formula is C9H20N2O2. The number of likely N-dealkylation sites (N-methyl/N-ethyl adjacent to an activating group) is 1. The molecule has 0 unspecified atom stereocenters. The van der Waals surface area contributed by atoms with E-state index in [-0.39, 0.29) is 12.1 Å². The van der Waals surface area contributed by atoms with Crippen molar-refractivity contribution in [2.75, 3.05) is 33.7 Å². The summed E-state index contributed by atoms with van der Waals surface area (Å²) in [6, 6.07) is 0. The Hall–Kier alpha value is -0.610. The standard InChI is InChI=1S/C9H20N2O2/c1-8(2)13-9(12)7-10-5-6-11(3)4/h8,10H,5-7H2,1-4H3. The van der Waals surface area contributed by atoms with Gasteiger partial charge < -0.3 is 15.0 Å². The van der Waals surface area contributed by atoms with Crippen molar-refractivity contribution >= 4 is 5.97 Å². The summed E-state index contributed by atoms with van der Waals surface area (Å²) >= 11 is 0. The summed E-state index contributed by atoms with van der Waals surface area (Å²) in [6.45, 7) is 5.72. The van der Waals surface area contributed by atoms with Crippen molar-refractivity contribution in [1.82, 2.24) is 10.2 Å². The number of nitrogens with zero attached hydrogens (tertiary/aromatic N) is 1. The van der Waals surface area contributed by atoms with Gasteiger partial charge in [-0.1, -0.05) is 0 Å². The predicted molar refractivity (Wildman–Crippen MR) is 52.7 cm³/mol. The number of esters is 1. The van der Waals surface area contributed by atoms with Crippen LogP contribution in [0.1, 0.15) is 13.8 Å². The Bertz CT molecular complexity index is 147. The van der Waals surface area contributed by atoms with E-state index in [1.807, 2.05) is 27.9 Å². The molecule has 0 rings (SSSR count). The SMILES string of the molecule is CC(C)OC(=O)CNCCN(C)C. The Labute approximate surface area is 80.2 Å². The maximum absolute atomic E-state index is 11.0. The molecule has 0 saturated carbocycles. The van der Waals surface area contributed by atoms with Crippen LogP contribution >= 0.6 is 0 Å². The first-order valence-electron chi connectivity index (χ1n) is 4.57. The van der Waals surface area contributed by atoms with E-state index in [0.29, 0.717) is 6.54 Å². The lowest BCUT2D eigenvalue weighted by Crippen LogP contribution is -2.32.